The van der Waals surface area contributed by atoms with Crippen molar-refractivity contribution in [1.29, 1.82) is 0 Å². The van der Waals surface area contributed by atoms with Crippen molar-refractivity contribution >= 4 is 5.97 Å². The van der Waals surface area contributed by atoms with Gasteiger partial charge in [0.1, 0.15) is 36.1 Å². The molecular weight excluding hydrogens is 288 g/mol. The number of esters is 1. The molecule has 1 spiro atoms. The Bertz CT molecular complexity index is 559. The summed E-state index contributed by atoms with van der Waals surface area (Å²) in [6.07, 6.45) is -0.604. The molecule has 0 unspecified atom stereocenters. The van der Waals surface area contributed by atoms with Gasteiger partial charge in [0.25, 0.3) is 0 Å². The van der Waals surface area contributed by atoms with Crippen LogP contribution in [0.3, 0.4) is 0 Å². The van der Waals surface area contributed by atoms with Crippen molar-refractivity contribution in [3.63, 3.8) is 0 Å². The fraction of sp³-hybridized carbons (Fsp3) is 0.562. The van der Waals surface area contributed by atoms with Crippen LogP contribution in [-0.4, -0.2) is 58.3 Å². The molecule has 2 aliphatic rings. The van der Waals surface area contributed by atoms with E-state index in [9.17, 15) is 4.79 Å². The van der Waals surface area contributed by atoms with Crippen molar-refractivity contribution in [3.8, 4) is 5.75 Å². The van der Waals surface area contributed by atoms with Gasteiger partial charge in [-0.1, -0.05) is 12.1 Å². The molecule has 6 nitrogen and oxygen atoms in total. The molecule has 0 N–H and O–H groups in total. The number of rotatable bonds is 4. The quantitative estimate of drug-likeness (QED) is 0.777. The van der Waals surface area contributed by atoms with E-state index in [-0.39, 0.29) is 24.8 Å². The second-order valence-corrected chi connectivity index (χ2v) is 5.51. The third-order valence-corrected chi connectivity index (χ3v) is 4.48. The van der Waals surface area contributed by atoms with E-state index in [0.717, 1.165) is 5.56 Å². The first kappa shape index (κ1) is 15.3. The average Bonchev–Trinajstić information content (AvgIpc) is 3.08. The minimum absolute atomic E-state index is 0.159. The van der Waals surface area contributed by atoms with Crippen LogP contribution in [0.1, 0.15) is 11.5 Å². The molecule has 0 aliphatic carbocycles. The lowest BCUT2D eigenvalue weighted by molar-refractivity contribution is -0.139. The van der Waals surface area contributed by atoms with Crippen molar-refractivity contribution in [1.82, 2.24) is 0 Å². The van der Waals surface area contributed by atoms with E-state index in [1.165, 1.54) is 0 Å². The second kappa shape index (κ2) is 5.87. The van der Waals surface area contributed by atoms with Crippen molar-refractivity contribution in [2.24, 2.45) is 0 Å². The molecule has 2 fully saturated rings. The average molecular weight is 308 g/mol. The molecule has 4 atom stereocenters. The molecule has 0 saturated carbocycles. The summed E-state index contributed by atoms with van der Waals surface area (Å²) in [5, 5.41) is 0. The number of hydrogen-bond donors (Lipinski definition) is 0. The molecule has 2 saturated heterocycles. The molecule has 0 bridgehead atoms. The minimum Gasteiger partial charge on any atom is -0.497 e. The normalized spacial score (nSPS) is 34.1. The van der Waals surface area contributed by atoms with Gasteiger partial charge in [-0.2, -0.15) is 0 Å². The Morgan fingerprint density at radius 1 is 1.23 bits per heavy atom. The van der Waals surface area contributed by atoms with Crippen LogP contribution in [0.5, 0.6) is 5.75 Å². The first-order valence-electron chi connectivity index (χ1n) is 7.16. The molecule has 2 heterocycles. The first-order valence-corrected chi connectivity index (χ1v) is 7.16. The second-order valence-electron chi connectivity index (χ2n) is 5.51. The lowest BCUT2D eigenvalue weighted by atomic mass is 9.80. The van der Waals surface area contributed by atoms with Crippen LogP contribution in [-0.2, 0) is 23.7 Å². The molecule has 6 heteroatoms. The number of carbonyl (C=O) groups is 1. The lowest BCUT2D eigenvalue weighted by Crippen LogP contribution is -2.49. The predicted molar refractivity (Wildman–Crippen MR) is 77.0 cm³/mol. The van der Waals surface area contributed by atoms with Crippen LogP contribution >= 0.6 is 0 Å². The maximum atomic E-state index is 12.4. The van der Waals surface area contributed by atoms with E-state index < -0.39 is 11.5 Å². The van der Waals surface area contributed by atoms with Gasteiger partial charge >= 0.3 is 5.97 Å². The molecule has 22 heavy (non-hydrogen) atoms. The molecule has 0 aromatic heterocycles. The summed E-state index contributed by atoms with van der Waals surface area (Å²) in [7, 11) is 4.79. The summed E-state index contributed by atoms with van der Waals surface area (Å²) in [5.74, 6) is -0.192. The van der Waals surface area contributed by atoms with Crippen LogP contribution in [0.25, 0.3) is 0 Å². The maximum absolute atomic E-state index is 12.4. The van der Waals surface area contributed by atoms with Crippen LogP contribution < -0.4 is 4.74 Å². The Kier molecular flexibility index (Phi) is 4.08. The third-order valence-electron chi connectivity index (χ3n) is 4.48. The smallest absolute Gasteiger partial charge is 0.316 e. The van der Waals surface area contributed by atoms with E-state index in [4.69, 9.17) is 23.7 Å². The SMILES string of the molecule is COc1cccc([C@@H]2C(=O)OC[C@]23OC[C@@H](OC)[C@@H]3OC)c1. The van der Waals surface area contributed by atoms with Crippen molar-refractivity contribution < 1.29 is 28.5 Å². The van der Waals surface area contributed by atoms with Gasteiger partial charge in [0, 0.05) is 14.2 Å². The van der Waals surface area contributed by atoms with Gasteiger partial charge in [-0.3, -0.25) is 4.79 Å². The highest BCUT2D eigenvalue weighted by molar-refractivity contribution is 5.82. The Labute approximate surface area is 129 Å². The van der Waals surface area contributed by atoms with Gasteiger partial charge in [-0.25, -0.2) is 0 Å². The molecular formula is C16H20O6. The molecule has 2 aliphatic heterocycles. The number of methoxy groups -OCH3 is 3. The number of cyclic esters (lactones) is 1. The van der Waals surface area contributed by atoms with Crippen molar-refractivity contribution in [2.45, 2.75) is 23.7 Å². The van der Waals surface area contributed by atoms with Gasteiger partial charge in [0.15, 0.2) is 0 Å². The fourth-order valence-electron chi connectivity index (χ4n) is 3.43. The summed E-state index contributed by atoms with van der Waals surface area (Å²) in [6.45, 7) is 0.526. The molecule has 120 valence electrons. The Balaban J connectivity index is 2.02. The summed E-state index contributed by atoms with van der Waals surface area (Å²) < 4.78 is 27.6. The highest BCUT2D eigenvalue weighted by atomic mass is 16.6. The first-order chi connectivity index (χ1) is 10.7. The van der Waals surface area contributed by atoms with Gasteiger partial charge in [0.2, 0.25) is 0 Å². The monoisotopic (exact) mass is 308 g/mol. The molecule has 1 aromatic rings. The largest absolute Gasteiger partial charge is 0.497 e. The van der Waals surface area contributed by atoms with E-state index >= 15 is 0 Å². The van der Waals surface area contributed by atoms with Gasteiger partial charge in [-0.15, -0.1) is 0 Å². The zero-order valence-corrected chi connectivity index (χ0v) is 12.9. The van der Waals surface area contributed by atoms with E-state index in [1.807, 2.05) is 24.3 Å². The Morgan fingerprint density at radius 3 is 2.73 bits per heavy atom. The third kappa shape index (κ3) is 2.18. The highest BCUT2D eigenvalue weighted by Crippen LogP contribution is 2.47. The highest BCUT2D eigenvalue weighted by Gasteiger charge is 2.63. The summed E-state index contributed by atoms with van der Waals surface area (Å²) in [4.78, 5) is 12.4. The Morgan fingerprint density at radius 2 is 2.05 bits per heavy atom. The predicted octanol–water partition coefficient (Wildman–Crippen LogP) is 1.13. The van der Waals surface area contributed by atoms with Crippen LogP contribution in [0.2, 0.25) is 0 Å². The molecule has 0 amide bonds. The molecule has 3 rings (SSSR count). The van der Waals surface area contributed by atoms with E-state index in [1.54, 1.807) is 21.3 Å². The fourth-order valence-corrected chi connectivity index (χ4v) is 3.43. The number of hydrogen-bond acceptors (Lipinski definition) is 6. The van der Waals surface area contributed by atoms with Crippen molar-refractivity contribution in [2.75, 3.05) is 34.5 Å². The van der Waals surface area contributed by atoms with Crippen LogP contribution in [0.15, 0.2) is 24.3 Å². The topological polar surface area (TPSA) is 63.2 Å². The summed E-state index contributed by atoms with van der Waals surface area (Å²) >= 11 is 0. The molecule has 0 radical (unpaired) electrons. The van der Waals surface area contributed by atoms with E-state index in [0.29, 0.717) is 12.4 Å². The van der Waals surface area contributed by atoms with Gasteiger partial charge < -0.3 is 23.7 Å². The standard InChI is InChI=1S/C16H20O6/c1-18-11-6-4-5-10(7-11)13-15(17)21-9-16(13)14(20-3)12(19-2)8-22-16/h4-7,12-14H,8-9H2,1-3H3/t12-,13-,14+,16+/m1/s1. The van der Waals surface area contributed by atoms with Gasteiger partial charge in [-0.05, 0) is 17.7 Å². The maximum Gasteiger partial charge on any atom is 0.316 e. The van der Waals surface area contributed by atoms with E-state index in [2.05, 4.69) is 0 Å². The van der Waals surface area contributed by atoms with Crippen molar-refractivity contribution in [3.05, 3.63) is 29.8 Å². The Hall–Kier alpha value is -1.63. The zero-order chi connectivity index (χ0) is 15.7. The molecule has 1 aromatic carbocycles. The number of ether oxygens (including phenoxy) is 5. The lowest BCUT2D eigenvalue weighted by Gasteiger charge is -2.32. The summed E-state index contributed by atoms with van der Waals surface area (Å²) in [5.41, 5.74) is -0.0700. The minimum atomic E-state index is -0.862. The number of benzene rings is 1. The van der Waals surface area contributed by atoms with Crippen LogP contribution in [0.4, 0.5) is 0 Å². The van der Waals surface area contributed by atoms with Gasteiger partial charge in [0.05, 0.1) is 13.7 Å². The zero-order valence-electron chi connectivity index (χ0n) is 12.9. The summed E-state index contributed by atoms with van der Waals surface area (Å²) in [6, 6.07) is 7.38. The van der Waals surface area contributed by atoms with Crippen LogP contribution in [0, 0.1) is 0 Å². The number of carbonyl (C=O) groups excluding carboxylic acids is 1.